The van der Waals surface area contributed by atoms with Crippen LogP contribution in [-0.2, 0) is 17.2 Å². The van der Waals surface area contributed by atoms with Crippen LogP contribution in [0.3, 0.4) is 0 Å². The molecule has 5 nitrogen and oxygen atoms in total. The lowest BCUT2D eigenvalue weighted by Crippen LogP contribution is -2.35. The van der Waals surface area contributed by atoms with Crippen molar-refractivity contribution < 1.29 is 32.2 Å². The van der Waals surface area contributed by atoms with Crippen LogP contribution >= 0.6 is 0 Å². The molecule has 0 spiro atoms. The minimum absolute atomic E-state index is 0.195. The second-order valence-corrected chi connectivity index (χ2v) is 22.2. The van der Waals surface area contributed by atoms with Crippen molar-refractivity contribution in [3.63, 3.8) is 0 Å². The van der Waals surface area contributed by atoms with E-state index < -0.39 is 22.8 Å². The SMILES string of the molecule is CCCCCC1CCC(c2ccc(-c3ccc(C(=O)Nc4ccc(-c5ccc6c(c5)-c5c(c7c(c8cc(C(F)(F)F)ccc58)OC(c5ccc(OC)cc5)(c5ccc(OCCCC)cc5)C=C7)C6(C)C)cc4)cc3)cc2)CC1. The first-order valence-corrected chi connectivity index (χ1v) is 28.0. The molecule has 8 aromatic carbocycles. The number of carbonyl (C=O) groups is 1. The number of hydrogen-bond donors (Lipinski definition) is 1. The summed E-state index contributed by atoms with van der Waals surface area (Å²) >= 11 is 0. The highest BCUT2D eigenvalue weighted by molar-refractivity contribution is 6.09. The third-order valence-electron chi connectivity index (χ3n) is 16.9. The highest BCUT2D eigenvalue weighted by Gasteiger charge is 2.45. The van der Waals surface area contributed by atoms with Crippen LogP contribution in [0.5, 0.6) is 17.2 Å². The molecular formula is C70H68F3NO4. The highest BCUT2D eigenvalue weighted by atomic mass is 19.4. The predicted molar refractivity (Wildman–Crippen MR) is 311 cm³/mol. The third kappa shape index (κ3) is 10.1. The number of halogens is 3. The van der Waals surface area contributed by atoms with E-state index in [2.05, 4.69) is 75.5 Å². The number of unbranched alkanes of at least 4 members (excludes halogenated alkanes) is 3. The number of benzene rings is 8. The number of fused-ring (bicyclic) bond motifs is 8. The third-order valence-corrected chi connectivity index (χ3v) is 16.9. The summed E-state index contributed by atoms with van der Waals surface area (Å²) < 4.78 is 63.2. The number of methoxy groups -OCH3 is 1. The Kier molecular flexibility index (Phi) is 14.6. The van der Waals surface area contributed by atoms with E-state index in [-0.39, 0.29) is 5.91 Å². The number of anilines is 1. The van der Waals surface area contributed by atoms with Gasteiger partial charge in [-0.25, -0.2) is 0 Å². The van der Waals surface area contributed by atoms with Crippen molar-refractivity contribution >= 4 is 28.4 Å². The Hall–Kier alpha value is -7.58. The second kappa shape index (κ2) is 21.7. The summed E-state index contributed by atoms with van der Waals surface area (Å²) in [6.45, 7) is 9.34. The quantitative estimate of drug-likeness (QED) is 0.0980. The van der Waals surface area contributed by atoms with Crippen LogP contribution in [0.25, 0.3) is 50.2 Å². The average molecular weight is 1040 g/mol. The monoisotopic (exact) mass is 1040 g/mol. The molecule has 2 aliphatic carbocycles. The first-order valence-electron chi connectivity index (χ1n) is 28.0. The zero-order valence-electron chi connectivity index (χ0n) is 45.4. The van der Waals surface area contributed by atoms with E-state index in [1.165, 1.54) is 69.1 Å². The largest absolute Gasteiger partial charge is 0.497 e. The first kappa shape index (κ1) is 52.5. The molecule has 0 saturated heterocycles. The molecule has 1 atom stereocenters. The molecule has 1 heterocycles. The molecule has 398 valence electrons. The summed E-state index contributed by atoms with van der Waals surface area (Å²) in [6.07, 6.45) is 12.0. The van der Waals surface area contributed by atoms with Gasteiger partial charge in [0.1, 0.15) is 17.2 Å². The fraction of sp³-hybridized carbons (Fsp3) is 0.300. The summed E-state index contributed by atoms with van der Waals surface area (Å²) in [5.41, 5.74) is 10.4. The second-order valence-electron chi connectivity index (χ2n) is 22.2. The fourth-order valence-electron chi connectivity index (χ4n) is 12.5. The summed E-state index contributed by atoms with van der Waals surface area (Å²) in [7, 11) is 1.61. The maximum absolute atomic E-state index is 14.8. The standard InChI is InChI=1S/C70H68F3NO4/c1-6-8-10-11-45-12-14-46(15-13-45)47-16-18-48(19-17-47)49-20-22-51(23-21-49)67(75)74-56-32-24-50(25-33-56)52-26-39-63-62(43-52)64-59-38-31-55(70(71,72)73)44-61(59)66-60(65(64)68(63,3)4)40-41-69(78-66,53-27-34-57(76-5)35-28-53)54-29-36-58(37-30-54)77-42-9-7-2/h16-41,43-46H,6-15,42H2,1-5H3,(H,74,75). The summed E-state index contributed by atoms with van der Waals surface area (Å²) in [6, 6.07) is 50.4. The van der Waals surface area contributed by atoms with Crippen molar-refractivity contribution in [1.29, 1.82) is 0 Å². The zero-order chi connectivity index (χ0) is 54.2. The Bertz CT molecular complexity index is 3480. The lowest BCUT2D eigenvalue weighted by Gasteiger charge is -2.38. The average Bonchev–Trinajstić information content (AvgIpc) is 3.81. The van der Waals surface area contributed by atoms with E-state index in [0.29, 0.717) is 46.0 Å². The lowest BCUT2D eigenvalue weighted by molar-refractivity contribution is -0.137. The number of alkyl halides is 3. The van der Waals surface area contributed by atoms with Crippen LogP contribution in [0, 0.1) is 5.92 Å². The molecule has 3 aliphatic rings. The van der Waals surface area contributed by atoms with Gasteiger partial charge >= 0.3 is 6.18 Å². The first-order chi connectivity index (χ1) is 37.8. The Morgan fingerprint density at radius 3 is 1.92 bits per heavy atom. The molecular weight excluding hydrogens is 976 g/mol. The van der Waals surface area contributed by atoms with Gasteiger partial charge in [-0.05, 0) is 172 Å². The molecule has 11 rings (SSSR count). The fourth-order valence-corrected chi connectivity index (χ4v) is 12.5. The molecule has 1 amide bonds. The summed E-state index contributed by atoms with van der Waals surface area (Å²) in [4.78, 5) is 13.6. The summed E-state index contributed by atoms with van der Waals surface area (Å²) in [5.74, 6) is 3.12. The van der Waals surface area contributed by atoms with Crippen molar-refractivity contribution in [2.24, 2.45) is 5.92 Å². The maximum Gasteiger partial charge on any atom is 0.416 e. The molecule has 1 unspecified atom stereocenters. The molecule has 1 N–H and O–H groups in total. The van der Waals surface area contributed by atoms with E-state index in [1.54, 1.807) is 13.2 Å². The Labute approximate surface area is 457 Å². The van der Waals surface area contributed by atoms with Crippen LogP contribution in [-0.4, -0.2) is 19.6 Å². The van der Waals surface area contributed by atoms with Gasteiger partial charge in [-0.3, -0.25) is 4.79 Å². The number of nitrogens with one attached hydrogen (secondary N) is 1. The minimum atomic E-state index is -4.59. The van der Waals surface area contributed by atoms with Crippen LogP contribution in [0.15, 0.2) is 164 Å². The van der Waals surface area contributed by atoms with Crippen molar-refractivity contribution in [3.05, 3.63) is 208 Å². The van der Waals surface area contributed by atoms with Crippen molar-refractivity contribution in [3.8, 4) is 50.6 Å². The Balaban J connectivity index is 0.864. The molecule has 0 bridgehead atoms. The number of rotatable bonds is 16. The van der Waals surface area contributed by atoms with Gasteiger partial charge in [0.15, 0.2) is 5.60 Å². The van der Waals surface area contributed by atoms with Gasteiger partial charge in [-0.1, -0.05) is 157 Å². The molecule has 8 aromatic rings. The van der Waals surface area contributed by atoms with Crippen molar-refractivity contribution in [2.75, 3.05) is 19.0 Å². The van der Waals surface area contributed by atoms with Crippen molar-refractivity contribution in [2.45, 2.75) is 115 Å². The topological polar surface area (TPSA) is 56.8 Å². The number of ether oxygens (including phenoxy) is 3. The highest BCUT2D eigenvalue weighted by Crippen LogP contribution is 2.59. The molecule has 0 radical (unpaired) electrons. The number of carbonyl (C=O) groups excluding carboxylic acids is 1. The van der Waals surface area contributed by atoms with Gasteiger partial charge in [0.2, 0.25) is 0 Å². The minimum Gasteiger partial charge on any atom is -0.497 e. The van der Waals surface area contributed by atoms with Gasteiger partial charge in [-0.2, -0.15) is 13.2 Å². The van der Waals surface area contributed by atoms with Gasteiger partial charge in [-0.15, -0.1) is 0 Å². The summed E-state index contributed by atoms with van der Waals surface area (Å²) in [5, 5.41) is 4.13. The van der Waals surface area contributed by atoms with E-state index in [9.17, 15) is 18.0 Å². The molecule has 78 heavy (non-hydrogen) atoms. The molecule has 1 fully saturated rings. The van der Waals surface area contributed by atoms with Crippen LogP contribution in [0.4, 0.5) is 18.9 Å². The normalized spacial score (nSPS) is 18.2. The van der Waals surface area contributed by atoms with Gasteiger partial charge in [0.05, 0.1) is 19.3 Å². The Morgan fingerprint density at radius 2 is 1.28 bits per heavy atom. The van der Waals surface area contributed by atoms with E-state index in [0.717, 1.165) is 85.7 Å². The Morgan fingerprint density at radius 1 is 0.667 bits per heavy atom. The van der Waals surface area contributed by atoms with E-state index >= 15 is 0 Å². The number of amides is 1. The molecule has 1 saturated carbocycles. The van der Waals surface area contributed by atoms with Crippen LogP contribution in [0.2, 0.25) is 0 Å². The van der Waals surface area contributed by atoms with Crippen LogP contribution < -0.4 is 19.5 Å². The van der Waals surface area contributed by atoms with Crippen molar-refractivity contribution in [1.82, 2.24) is 0 Å². The van der Waals surface area contributed by atoms with Gasteiger partial charge < -0.3 is 19.5 Å². The predicted octanol–water partition coefficient (Wildman–Crippen LogP) is 19.1. The van der Waals surface area contributed by atoms with E-state index in [4.69, 9.17) is 14.2 Å². The van der Waals surface area contributed by atoms with E-state index in [1.807, 2.05) is 109 Å². The van der Waals surface area contributed by atoms with Crippen LogP contribution in [0.1, 0.15) is 147 Å². The van der Waals surface area contributed by atoms with Gasteiger partial charge in [0, 0.05) is 38.7 Å². The van der Waals surface area contributed by atoms with Gasteiger partial charge in [0.25, 0.3) is 5.91 Å². The molecule has 8 heteroatoms. The maximum atomic E-state index is 14.8. The number of hydrogen-bond acceptors (Lipinski definition) is 4. The lowest BCUT2D eigenvalue weighted by atomic mass is 9.76. The molecule has 1 aliphatic heterocycles. The zero-order valence-corrected chi connectivity index (χ0v) is 45.4. The smallest absolute Gasteiger partial charge is 0.416 e. The molecule has 0 aromatic heterocycles.